The summed E-state index contributed by atoms with van der Waals surface area (Å²) in [6.45, 7) is 1.58. The van der Waals surface area contributed by atoms with Crippen LogP contribution in [0.3, 0.4) is 0 Å². The van der Waals surface area contributed by atoms with Gasteiger partial charge in [-0.25, -0.2) is 14.2 Å². The van der Waals surface area contributed by atoms with Crippen molar-refractivity contribution in [2.75, 3.05) is 7.11 Å². The van der Waals surface area contributed by atoms with Gasteiger partial charge >= 0.3 is 5.97 Å². The van der Waals surface area contributed by atoms with E-state index in [1.54, 1.807) is 6.92 Å². The number of benzene rings is 1. The first-order valence-electron chi connectivity index (χ1n) is 5.17. The molecule has 5 nitrogen and oxygen atoms in total. The van der Waals surface area contributed by atoms with E-state index in [1.807, 2.05) is 0 Å². The fraction of sp³-hybridized carbons (Fsp3) is 0.167. The van der Waals surface area contributed by atoms with Gasteiger partial charge in [-0.2, -0.15) is 4.73 Å². The van der Waals surface area contributed by atoms with E-state index in [4.69, 9.17) is 9.94 Å². The highest BCUT2D eigenvalue weighted by Gasteiger charge is 2.21. The van der Waals surface area contributed by atoms with E-state index in [1.165, 1.54) is 31.4 Å². The number of hydrogen-bond donors (Lipinski definition) is 1. The Hall–Kier alpha value is -2.37. The molecule has 0 unspecified atom stereocenters. The molecule has 0 aliphatic rings. The third-order valence-corrected chi connectivity index (χ3v) is 2.50. The predicted molar refractivity (Wildman–Crippen MR) is 61.8 cm³/mol. The van der Waals surface area contributed by atoms with Gasteiger partial charge in [0.1, 0.15) is 12.9 Å². The van der Waals surface area contributed by atoms with Crippen molar-refractivity contribution < 1.29 is 19.1 Å². The van der Waals surface area contributed by atoms with Crippen molar-refractivity contribution in [3.8, 4) is 11.4 Å². The van der Waals surface area contributed by atoms with Gasteiger partial charge in [-0.1, -0.05) is 0 Å². The van der Waals surface area contributed by atoms with Crippen LogP contribution in [0.2, 0.25) is 0 Å². The maximum absolute atomic E-state index is 12.8. The number of rotatable bonds is 3. The Morgan fingerprint density at radius 1 is 1.39 bits per heavy atom. The lowest BCUT2D eigenvalue weighted by atomic mass is 10.2. The minimum atomic E-state index is -1.13. The van der Waals surface area contributed by atoms with Crippen LogP contribution in [-0.4, -0.2) is 27.9 Å². The number of imidazole rings is 1. The molecule has 0 fully saturated rings. The van der Waals surface area contributed by atoms with E-state index in [2.05, 4.69) is 4.98 Å². The lowest BCUT2D eigenvalue weighted by Crippen LogP contribution is -2.15. The van der Waals surface area contributed by atoms with Gasteiger partial charge in [-0.3, -0.25) is 0 Å². The lowest BCUT2D eigenvalue weighted by Gasteiger charge is -2.07. The Balaban J connectivity index is 2.61. The van der Waals surface area contributed by atoms with Crippen molar-refractivity contribution in [2.45, 2.75) is 6.92 Å². The van der Waals surface area contributed by atoms with Gasteiger partial charge in [0.15, 0.2) is 11.5 Å². The van der Waals surface area contributed by atoms with Crippen molar-refractivity contribution in [1.29, 1.82) is 0 Å². The van der Waals surface area contributed by atoms with Gasteiger partial charge in [0.2, 0.25) is 0 Å². The Kier molecular flexibility index (Phi) is 3.01. The summed E-state index contributed by atoms with van der Waals surface area (Å²) < 4.78 is 14.0. The molecular formula is C12H11FN2O3. The van der Waals surface area contributed by atoms with Gasteiger partial charge < -0.3 is 9.94 Å². The summed E-state index contributed by atoms with van der Waals surface area (Å²) >= 11 is 0. The molecule has 0 aliphatic carbocycles. The maximum atomic E-state index is 12.8. The second-order valence-corrected chi connectivity index (χ2v) is 3.66. The molecular weight excluding hydrogens is 239 g/mol. The third-order valence-electron chi connectivity index (χ3n) is 2.50. The molecule has 6 heteroatoms. The topological polar surface area (TPSA) is 64.4 Å². The standard InChI is InChI=1S/C12H11FN2O3/c1-7-10(12(16)17)15(18-2)11(14-7)8-3-5-9(13)6-4-8/h3-6H,1-2H3,(H,16,17). The first-order chi connectivity index (χ1) is 8.54. The van der Waals surface area contributed by atoms with E-state index in [-0.39, 0.29) is 11.5 Å². The quantitative estimate of drug-likeness (QED) is 0.901. The van der Waals surface area contributed by atoms with Crippen LogP contribution in [0.5, 0.6) is 0 Å². The smallest absolute Gasteiger partial charge is 0.357 e. The molecule has 1 aromatic heterocycles. The maximum Gasteiger partial charge on any atom is 0.357 e. The molecule has 18 heavy (non-hydrogen) atoms. The number of carboxylic acid groups (broad SMARTS) is 1. The van der Waals surface area contributed by atoms with E-state index >= 15 is 0 Å². The van der Waals surface area contributed by atoms with Gasteiger partial charge in [0.25, 0.3) is 0 Å². The summed E-state index contributed by atoms with van der Waals surface area (Å²) in [5.41, 5.74) is 0.870. The van der Waals surface area contributed by atoms with E-state index in [9.17, 15) is 9.18 Å². The van der Waals surface area contributed by atoms with Crippen molar-refractivity contribution in [3.05, 3.63) is 41.5 Å². The molecule has 0 atom stereocenters. The molecule has 0 aliphatic heterocycles. The van der Waals surface area contributed by atoms with E-state index in [0.717, 1.165) is 4.73 Å². The highest BCUT2D eigenvalue weighted by atomic mass is 19.1. The van der Waals surface area contributed by atoms with Gasteiger partial charge in [0, 0.05) is 5.56 Å². The summed E-state index contributed by atoms with van der Waals surface area (Å²) in [6.07, 6.45) is 0. The molecule has 1 aromatic carbocycles. The highest BCUT2D eigenvalue weighted by molar-refractivity contribution is 5.88. The molecule has 2 aromatic rings. The van der Waals surface area contributed by atoms with E-state index < -0.39 is 5.97 Å². The predicted octanol–water partition coefficient (Wildman–Crippen LogP) is 1.75. The second kappa shape index (κ2) is 4.48. The van der Waals surface area contributed by atoms with Crippen LogP contribution in [0.25, 0.3) is 11.4 Å². The zero-order valence-corrected chi connectivity index (χ0v) is 9.85. The molecule has 94 valence electrons. The van der Waals surface area contributed by atoms with Gasteiger partial charge in [0.05, 0.1) is 5.69 Å². The van der Waals surface area contributed by atoms with Crippen LogP contribution in [0.1, 0.15) is 16.2 Å². The summed E-state index contributed by atoms with van der Waals surface area (Å²) in [5.74, 6) is -1.17. The second-order valence-electron chi connectivity index (χ2n) is 3.66. The Morgan fingerprint density at radius 3 is 2.50 bits per heavy atom. The fourth-order valence-corrected chi connectivity index (χ4v) is 1.71. The molecule has 2 rings (SSSR count). The zero-order chi connectivity index (χ0) is 13.3. The SMILES string of the molecule is COn1c(-c2ccc(F)cc2)nc(C)c1C(=O)O. The molecule has 1 N–H and O–H groups in total. The van der Waals surface area contributed by atoms with Crippen LogP contribution in [0, 0.1) is 12.7 Å². The summed E-state index contributed by atoms with van der Waals surface area (Å²) in [6, 6.07) is 5.58. The first-order valence-corrected chi connectivity index (χ1v) is 5.17. The number of aromatic carboxylic acids is 1. The molecule has 0 saturated carbocycles. The third kappa shape index (κ3) is 1.92. The summed E-state index contributed by atoms with van der Waals surface area (Å²) in [7, 11) is 1.35. The van der Waals surface area contributed by atoms with Crippen LogP contribution in [0.15, 0.2) is 24.3 Å². The highest BCUT2D eigenvalue weighted by Crippen LogP contribution is 2.21. The average Bonchev–Trinajstić information content (AvgIpc) is 2.67. The number of nitrogens with zero attached hydrogens (tertiary/aromatic N) is 2. The van der Waals surface area contributed by atoms with Gasteiger partial charge in [-0.05, 0) is 31.2 Å². The zero-order valence-electron chi connectivity index (χ0n) is 9.85. The molecule has 1 heterocycles. The summed E-state index contributed by atoms with van der Waals surface area (Å²) in [4.78, 5) is 20.3. The minimum absolute atomic E-state index is 0.0446. The van der Waals surface area contributed by atoms with Crippen molar-refractivity contribution in [1.82, 2.24) is 9.71 Å². The normalized spacial score (nSPS) is 10.4. The van der Waals surface area contributed by atoms with Crippen LogP contribution >= 0.6 is 0 Å². The fourth-order valence-electron chi connectivity index (χ4n) is 1.71. The van der Waals surface area contributed by atoms with Crippen LogP contribution in [-0.2, 0) is 0 Å². The summed E-state index contributed by atoms with van der Waals surface area (Å²) in [5, 5.41) is 9.08. The number of hydrogen-bond acceptors (Lipinski definition) is 3. The van der Waals surface area contributed by atoms with Crippen molar-refractivity contribution in [2.24, 2.45) is 0 Å². The largest absolute Gasteiger partial charge is 0.476 e. The molecule has 0 spiro atoms. The Labute approximate surface area is 102 Å². The first kappa shape index (κ1) is 12.1. The molecule has 0 amide bonds. The lowest BCUT2D eigenvalue weighted by molar-refractivity contribution is 0.0640. The van der Waals surface area contributed by atoms with E-state index in [0.29, 0.717) is 17.1 Å². The Bertz CT molecular complexity index is 590. The van der Waals surface area contributed by atoms with Crippen LogP contribution < -0.4 is 4.84 Å². The van der Waals surface area contributed by atoms with Gasteiger partial charge in [-0.15, -0.1) is 0 Å². The number of halogens is 1. The van der Waals surface area contributed by atoms with Crippen LogP contribution in [0.4, 0.5) is 4.39 Å². The molecule has 0 saturated heterocycles. The molecule has 0 bridgehead atoms. The van der Waals surface area contributed by atoms with Crippen molar-refractivity contribution >= 4 is 5.97 Å². The molecule has 0 radical (unpaired) electrons. The number of aryl methyl sites for hydroxylation is 1. The number of aromatic nitrogens is 2. The Morgan fingerprint density at radius 2 is 2.00 bits per heavy atom. The van der Waals surface area contributed by atoms with Crippen molar-refractivity contribution in [3.63, 3.8) is 0 Å². The monoisotopic (exact) mass is 250 g/mol. The number of carboxylic acids is 1. The minimum Gasteiger partial charge on any atom is -0.476 e. The number of carbonyl (C=O) groups is 1. The average molecular weight is 250 g/mol.